The molecule has 0 amide bonds. The number of rotatable bonds is 6. The van der Waals surface area contributed by atoms with Crippen LogP contribution in [0.2, 0.25) is 0 Å². The van der Waals surface area contributed by atoms with E-state index in [1.165, 1.54) is 6.42 Å². The number of ether oxygens (including phenoxy) is 1. The van der Waals surface area contributed by atoms with E-state index in [9.17, 15) is 4.79 Å². The van der Waals surface area contributed by atoms with E-state index in [4.69, 9.17) is 9.84 Å². The number of hydrogen-bond acceptors (Lipinski definition) is 4. The second kappa shape index (κ2) is 8.25. The molecule has 1 aliphatic carbocycles. The van der Waals surface area contributed by atoms with Gasteiger partial charge >= 0.3 is 5.97 Å². The monoisotopic (exact) mass is 340 g/mol. The van der Waals surface area contributed by atoms with Gasteiger partial charge in [0.05, 0.1) is 4.88 Å². The van der Waals surface area contributed by atoms with Crippen LogP contribution in [-0.2, 0) is 22.5 Å². The van der Waals surface area contributed by atoms with Crippen molar-refractivity contribution < 1.29 is 19.2 Å². The highest BCUT2D eigenvalue weighted by Gasteiger charge is 2.34. The van der Waals surface area contributed by atoms with E-state index in [2.05, 4.69) is 20.8 Å². The molecule has 130 valence electrons. The van der Waals surface area contributed by atoms with Crippen LogP contribution in [0.15, 0.2) is 5.51 Å². The van der Waals surface area contributed by atoms with Crippen LogP contribution >= 0.6 is 11.3 Å². The summed E-state index contributed by atoms with van der Waals surface area (Å²) in [6.07, 6.45) is 4.08. The molecule has 23 heavy (non-hydrogen) atoms. The molecule has 2 rings (SSSR count). The third-order valence-electron chi connectivity index (χ3n) is 5.04. The minimum absolute atomic E-state index is 0.0581. The Morgan fingerprint density at radius 2 is 2.22 bits per heavy atom. The fraction of sp³-hybridized carbons (Fsp3) is 0.778. The van der Waals surface area contributed by atoms with Crippen molar-refractivity contribution in [2.45, 2.75) is 66.0 Å². The molecule has 1 aromatic rings. The molecule has 0 radical (unpaired) electrons. The number of aromatic nitrogens is 1. The minimum atomic E-state index is -0.142. The van der Waals surface area contributed by atoms with E-state index in [0.717, 1.165) is 23.4 Å². The Hall–Kier alpha value is -0.940. The summed E-state index contributed by atoms with van der Waals surface area (Å²) in [4.78, 5) is 13.5. The number of carbonyl (C=O) groups is 1. The molecule has 1 fully saturated rings. The van der Waals surface area contributed by atoms with Crippen molar-refractivity contribution in [1.29, 1.82) is 0 Å². The van der Waals surface area contributed by atoms with Gasteiger partial charge in [-0.15, -0.1) is 0 Å². The first-order valence-corrected chi connectivity index (χ1v) is 9.57. The van der Waals surface area contributed by atoms with E-state index < -0.39 is 0 Å². The average Bonchev–Trinajstić information content (AvgIpc) is 2.80. The van der Waals surface area contributed by atoms with E-state index in [0.29, 0.717) is 24.2 Å². The molecule has 0 aromatic carbocycles. The summed E-state index contributed by atoms with van der Waals surface area (Å²) in [7, 11) is 0. The lowest BCUT2D eigenvalue weighted by molar-refractivity contribution is -0.687. The van der Waals surface area contributed by atoms with Gasteiger partial charge in [-0.25, -0.2) is 4.79 Å². The summed E-state index contributed by atoms with van der Waals surface area (Å²) in [6, 6.07) is 0. The number of hydrogen-bond donors (Lipinski definition) is 1. The fourth-order valence-electron chi connectivity index (χ4n) is 3.54. The molecule has 3 atom stereocenters. The van der Waals surface area contributed by atoms with Crippen molar-refractivity contribution in [3.05, 3.63) is 16.1 Å². The van der Waals surface area contributed by atoms with Crippen LogP contribution < -0.4 is 4.57 Å². The van der Waals surface area contributed by atoms with Crippen LogP contribution in [0.5, 0.6) is 0 Å². The topological polar surface area (TPSA) is 50.4 Å². The molecule has 3 unspecified atom stereocenters. The van der Waals surface area contributed by atoms with Crippen LogP contribution in [0.25, 0.3) is 0 Å². The normalized spacial score (nSPS) is 24.9. The molecule has 0 saturated heterocycles. The SMILES string of the molecule is Cc1c(CCO)sc[n+]1CC(=O)OC1CC(C)CCC1C(C)C. The maximum Gasteiger partial charge on any atom is 0.373 e. The van der Waals surface area contributed by atoms with E-state index in [1.807, 2.05) is 17.0 Å². The minimum Gasteiger partial charge on any atom is -0.457 e. The number of aliphatic hydroxyl groups excluding tert-OH is 1. The largest absolute Gasteiger partial charge is 0.457 e. The first kappa shape index (κ1) is 18.4. The van der Waals surface area contributed by atoms with Gasteiger partial charge in [-0.3, -0.25) is 0 Å². The van der Waals surface area contributed by atoms with Crippen LogP contribution in [0.3, 0.4) is 0 Å². The zero-order chi connectivity index (χ0) is 17.0. The quantitative estimate of drug-likeness (QED) is 0.640. The highest BCUT2D eigenvalue weighted by Crippen LogP contribution is 2.35. The Morgan fingerprint density at radius 3 is 2.87 bits per heavy atom. The molecular formula is C18H30NO3S+. The first-order valence-electron chi connectivity index (χ1n) is 8.69. The third-order valence-corrected chi connectivity index (χ3v) is 6.18. The number of aliphatic hydroxyl groups is 1. The zero-order valence-electron chi connectivity index (χ0n) is 14.7. The molecule has 1 aromatic heterocycles. The van der Waals surface area contributed by atoms with Gasteiger partial charge < -0.3 is 9.84 Å². The highest BCUT2D eigenvalue weighted by molar-refractivity contribution is 7.09. The second-order valence-corrected chi connectivity index (χ2v) is 8.13. The van der Waals surface area contributed by atoms with Gasteiger partial charge in [0.2, 0.25) is 12.1 Å². The van der Waals surface area contributed by atoms with Crippen molar-refractivity contribution in [2.75, 3.05) is 6.61 Å². The Bertz CT molecular complexity index is 526. The smallest absolute Gasteiger partial charge is 0.373 e. The maximum atomic E-state index is 12.4. The molecule has 1 heterocycles. The Labute approximate surface area is 143 Å². The zero-order valence-corrected chi connectivity index (χ0v) is 15.6. The van der Waals surface area contributed by atoms with Gasteiger partial charge in [-0.1, -0.05) is 38.5 Å². The average molecular weight is 341 g/mol. The van der Waals surface area contributed by atoms with Crippen molar-refractivity contribution >= 4 is 17.3 Å². The summed E-state index contributed by atoms with van der Waals surface area (Å²) in [5.74, 6) is 1.52. The van der Waals surface area contributed by atoms with Crippen LogP contribution in [-0.4, -0.2) is 23.8 Å². The Kier molecular flexibility index (Phi) is 6.60. The first-order chi connectivity index (χ1) is 10.9. The summed E-state index contributed by atoms with van der Waals surface area (Å²) >= 11 is 1.59. The molecule has 0 bridgehead atoms. The standard InChI is InChI=1S/C18H30NO3S/c1-12(2)15-6-5-13(3)9-16(15)22-18(21)10-19-11-23-17(7-8-20)14(19)4/h11-13,15-16,20H,5-10H2,1-4H3/q+1. The number of esters is 1. The predicted molar refractivity (Wildman–Crippen MR) is 91.3 cm³/mol. The molecule has 4 nitrogen and oxygen atoms in total. The number of nitrogens with zero attached hydrogens (tertiary/aromatic N) is 1. The number of thiazole rings is 1. The molecule has 0 aliphatic heterocycles. The van der Waals surface area contributed by atoms with Crippen molar-refractivity contribution in [3.63, 3.8) is 0 Å². The molecule has 1 aliphatic rings. The van der Waals surface area contributed by atoms with Crippen LogP contribution in [0.4, 0.5) is 0 Å². The summed E-state index contributed by atoms with van der Waals surface area (Å²) in [5, 5.41) is 9.06. The lowest BCUT2D eigenvalue weighted by Gasteiger charge is -2.36. The van der Waals surface area contributed by atoms with Gasteiger partial charge in [0, 0.05) is 20.0 Å². The lowest BCUT2D eigenvalue weighted by atomic mass is 9.75. The predicted octanol–water partition coefficient (Wildman–Crippen LogP) is 2.88. The van der Waals surface area contributed by atoms with Gasteiger partial charge in [0.25, 0.3) is 0 Å². The molecule has 0 spiro atoms. The van der Waals surface area contributed by atoms with Crippen LogP contribution in [0, 0.1) is 24.7 Å². The van der Waals surface area contributed by atoms with Crippen molar-refractivity contribution in [2.24, 2.45) is 17.8 Å². The van der Waals surface area contributed by atoms with E-state index >= 15 is 0 Å². The molecule has 1 saturated carbocycles. The van der Waals surface area contributed by atoms with Crippen molar-refractivity contribution in [3.8, 4) is 0 Å². The van der Waals surface area contributed by atoms with E-state index in [-0.39, 0.29) is 25.2 Å². The second-order valence-electron chi connectivity index (χ2n) is 7.19. The molecular weight excluding hydrogens is 310 g/mol. The summed E-state index contributed by atoms with van der Waals surface area (Å²) < 4.78 is 7.80. The van der Waals surface area contributed by atoms with Gasteiger partial charge in [-0.2, -0.15) is 4.57 Å². The summed E-state index contributed by atoms with van der Waals surface area (Å²) in [6.45, 7) is 9.09. The molecule has 5 heteroatoms. The van der Waals surface area contributed by atoms with E-state index in [1.54, 1.807) is 11.3 Å². The van der Waals surface area contributed by atoms with Crippen molar-refractivity contribution in [1.82, 2.24) is 0 Å². The molecule has 1 N–H and O–H groups in total. The third kappa shape index (κ3) is 4.77. The van der Waals surface area contributed by atoms with Gasteiger partial charge in [0.1, 0.15) is 6.10 Å². The van der Waals surface area contributed by atoms with Crippen LogP contribution in [0.1, 0.15) is 50.6 Å². The fourth-order valence-corrected chi connectivity index (χ4v) is 4.53. The Morgan fingerprint density at radius 1 is 1.48 bits per heavy atom. The van der Waals surface area contributed by atoms with Gasteiger partial charge in [0.15, 0.2) is 5.69 Å². The number of carbonyl (C=O) groups excluding carboxylic acids is 1. The maximum absolute atomic E-state index is 12.4. The summed E-state index contributed by atoms with van der Waals surface area (Å²) in [5.41, 5.74) is 3.00. The lowest BCUT2D eigenvalue weighted by Crippen LogP contribution is -2.43. The highest BCUT2D eigenvalue weighted by atomic mass is 32.1. The van der Waals surface area contributed by atoms with Gasteiger partial charge in [-0.05, 0) is 30.6 Å². The Balaban J connectivity index is 1.97.